The lowest BCUT2D eigenvalue weighted by Gasteiger charge is -2.18. The third-order valence-electron chi connectivity index (χ3n) is 12.9. The minimum Gasteiger partial charge on any atom is -0.462 e. The number of carbonyl (C=O) groups excluding carboxylic acids is 3. The molecule has 0 radical (unpaired) electrons. The first kappa shape index (κ1) is 66.9. The largest absolute Gasteiger partial charge is 0.462 e. The zero-order valence-electron chi connectivity index (χ0n) is 46.3. The van der Waals surface area contributed by atoms with Gasteiger partial charge in [-0.25, -0.2) is 0 Å². The van der Waals surface area contributed by atoms with Crippen LogP contribution in [0.5, 0.6) is 0 Å². The first-order valence-electron chi connectivity index (χ1n) is 29.9. The van der Waals surface area contributed by atoms with Crippen molar-refractivity contribution in [3.63, 3.8) is 0 Å². The number of rotatable bonds is 54. The molecule has 0 aliphatic heterocycles. The van der Waals surface area contributed by atoms with Gasteiger partial charge >= 0.3 is 17.9 Å². The lowest BCUT2D eigenvalue weighted by molar-refractivity contribution is -0.167. The van der Waals surface area contributed by atoms with E-state index >= 15 is 0 Å². The topological polar surface area (TPSA) is 78.9 Å². The standard InChI is InChI=1S/C64H112O6/c1-4-7-10-13-16-19-21-23-25-26-27-28-29-30-31-32-33-34-35-36-37-38-39-41-42-45-48-51-54-57-63(66)69-60-61(59-68-62(65)56-53-50-47-44-18-15-12-9-6-3)70-64(67)58-55-52-49-46-43-40-24-22-20-17-14-11-8-5-2/h7,10,16,19,22-25,27-28,30-31,61H,4-6,8-9,11-15,17-18,20-21,26,29,32-60H2,1-3H3/b10-7-,19-16-,24-22-,25-23-,28-27-,31-30-. The monoisotopic (exact) mass is 977 g/mol. The number of esters is 3. The van der Waals surface area contributed by atoms with E-state index in [2.05, 4.69) is 93.7 Å². The Balaban J connectivity index is 4.14. The van der Waals surface area contributed by atoms with Crippen LogP contribution in [0.3, 0.4) is 0 Å². The second kappa shape index (κ2) is 58.4. The summed E-state index contributed by atoms with van der Waals surface area (Å²) < 4.78 is 16.8. The molecule has 404 valence electrons. The van der Waals surface area contributed by atoms with Crippen molar-refractivity contribution >= 4 is 17.9 Å². The predicted molar refractivity (Wildman–Crippen MR) is 302 cm³/mol. The molecule has 0 N–H and O–H groups in total. The smallest absolute Gasteiger partial charge is 0.306 e. The second-order valence-corrected chi connectivity index (χ2v) is 19.9. The maximum atomic E-state index is 12.8. The van der Waals surface area contributed by atoms with E-state index in [1.165, 1.54) is 161 Å². The molecule has 0 fully saturated rings. The molecule has 0 aromatic heterocycles. The lowest BCUT2D eigenvalue weighted by Crippen LogP contribution is -2.30. The van der Waals surface area contributed by atoms with Gasteiger partial charge in [0.1, 0.15) is 13.2 Å². The Bertz CT molecular complexity index is 1310. The second-order valence-electron chi connectivity index (χ2n) is 19.9. The quantitative estimate of drug-likeness (QED) is 0.0261. The van der Waals surface area contributed by atoms with Crippen LogP contribution in [0.4, 0.5) is 0 Å². The minimum atomic E-state index is -0.776. The number of hydrogen-bond donors (Lipinski definition) is 0. The first-order chi connectivity index (χ1) is 34.5. The molecule has 1 unspecified atom stereocenters. The highest BCUT2D eigenvalue weighted by Gasteiger charge is 2.19. The molecule has 1 atom stereocenters. The summed E-state index contributed by atoms with van der Waals surface area (Å²) in [4.78, 5) is 38.0. The van der Waals surface area contributed by atoms with E-state index in [0.29, 0.717) is 19.3 Å². The maximum Gasteiger partial charge on any atom is 0.306 e. The van der Waals surface area contributed by atoms with Crippen LogP contribution in [0.2, 0.25) is 0 Å². The Kier molecular flexibility index (Phi) is 55.8. The maximum absolute atomic E-state index is 12.8. The molecule has 0 heterocycles. The number of hydrogen-bond acceptors (Lipinski definition) is 6. The highest BCUT2D eigenvalue weighted by atomic mass is 16.6. The van der Waals surface area contributed by atoms with Gasteiger partial charge in [0, 0.05) is 19.3 Å². The summed E-state index contributed by atoms with van der Waals surface area (Å²) in [6.07, 6.45) is 74.8. The normalized spacial score (nSPS) is 12.6. The minimum absolute atomic E-state index is 0.0754. The van der Waals surface area contributed by atoms with E-state index in [4.69, 9.17) is 14.2 Å². The fraction of sp³-hybridized carbons (Fsp3) is 0.766. The predicted octanol–water partition coefficient (Wildman–Crippen LogP) is 20.2. The van der Waals surface area contributed by atoms with Crippen molar-refractivity contribution < 1.29 is 28.6 Å². The Morgan fingerprint density at radius 1 is 0.300 bits per heavy atom. The van der Waals surface area contributed by atoms with Crippen molar-refractivity contribution in [1.82, 2.24) is 0 Å². The van der Waals surface area contributed by atoms with E-state index in [0.717, 1.165) is 96.3 Å². The van der Waals surface area contributed by atoms with E-state index < -0.39 is 6.10 Å². The number of allylic oxidation sites excluding steroid dienone is 12. The molecule has 6 heteroatoms. The van der Waals surface area contributed by atoms with Gasteiger partial charge in [0.2, 0.25) is 0 Å². The summed E-state index contributed by atoms with van der Waals surface area (Å²) >= 11 is 0. The van der Waals surface area contributed by atoms with Crippen LogP contribution < -0.4 is 0 Å². The summed E-state index contributed by atoms with van der Waals surface area (Å²) in [7, 11) is 0. The fourth-order valence-corrected chi connectivity index (χ4v) is 8.47. The van der Waals surface area contributed by atoms with Gasteiger partial charge in [-0.3, -0.25) is 14.4 Å². The highest BCUT2D eigenvalue weighted by Crippen LogP contribution is 2.16. The molecule has 0 rings (SSSR count). The molecule has 0 aliphatic carbocycles. The van der Waals surface area contributed by atoms with Gasteiger partial charge in [0.25, 0.3) is 0 Å². The van der Waals surface area contributed by atoms with E-state index in [1.807, 2.05) is 0 Å². The average molecular weight is 978 g/mol. The van der Waals surface area contributed by atoms with Crippen molar-refractivity contribution in [2.24, 2.45) is 0 Å². The SMILES string of the molecule is CC/C=C\C/C=C\C/C=C\C/C=C\C/C=C\CCCCCCCCCCCCCCCC(=O)OCC(COC(=O)CCCCCCCCCCC)OC(=O)CCCCCCC/C=C\CCCCCCC. The molecule has 0 spiro atoms. The molecule has 0 aromatic carbocycles. The third-order valence-corrected chi connectivity index (χ3v) is 12.9. The van der Waals surface area contributed by atoms with E-state index in [-0.39, 0.29) is 31.1 Å². The number of carbonyl (C=O) groups is 3. The van der Waals surface area contributed by atoms with Gasteiger partial charge in [0.15, 0.2) is 6.10 Å². The molecule has 70 heavy (non-hydrogen) atoms. The Morgan fingerprint density at radius 3 is 0.886 bits per heavy atom. The first-order valence-corrected chi connectivity index (χ1v) is 29.9. The Morgan fingerprint density at radius 2 is 0.557 bits per heavy atom. The zero-order chi connectivity index (χ0) is 50.7. The van der Waals surface area contributed by atoms with E-state index in [9.17, 15) is 14.4 Å². The summed E-state index contributed by atoms with van der Waals surface area (Å²) in [6, 6.07) is 0. The van der Waals surface area contributed by atoms with E-state index in [1.54, 1.807) is 0 Å². The van der Waals surface area contributed by atoms with Gasteiger partial charge < -0.3 is 14.2 Å². The molecule has 0 saturated carbocycles. The zero-order valence-corrected chi connectivity index (χ0v) is 46.3. The van der Waals surface area contributed by atoms with Gasteiger partial charge in [-0.15, -0.1) is 0 Å². The Hall–Kier alpha value is -3.15. The molecule has 6 nitrogen and oxygen atoms in total. The number of unbranched alkanes of at least 4 members (excludes halogenated alkanes) is 31. The summed E-state index contributed by atoms with van der Waals surface area (Å²) in [5.74, 6) is -0.878. The fourth-order valence-electron chi connectivity index (χ4n) is 8.47. The Labute approximate surface area is 433 Å². The van der Waals surface area contributed by atoms with Crippen LogP contribution in [0.1, 0.15) is 297 Å². The van der Waals surface area contributed by atoms with Crippen LogP contribution in [0.25, 0.3) is 0 Å². The molecule has 0 saturated heterocycles. The summed E-state index contributed by atoms with van der Waals surface area (Å²) in [6.45, 7) is 6.51. The van der Waals surface area contributed by atoms with Crippen LogP contribution in [0.15, 0.2) is 72.9 Å². The molecule has 0 bridgehead atoms. The van der Waals surface area contributed by atoms with Crippen molar-refractivity contribution in [3.05, 3.63) is 72.9 Å². The molecular weight excluding hydrogens is 865 g/mol. The van der Waals surface area contributed by atoms with Crippen LogP contribution in [-0.4, -0.2) is 37.2 Å². The van der Waals surface area contributed by atoms with Crippen LogP contribution in [-0.2, 0) is 28.6 Å². The summed E-state index contributed by atoms with van der Waals surface area (Å²) in [5, 5.41) is 0. The third kappa shape index (κ3) is 55.8. The summed E-state index contributed by atoms with van der Waals surface area (Å²) in [5.41, 5.74) is 0. The van der Waals surface area contributed by atoms with Gasteiger partial charge in [0.05, 0.1) is 0 Å². The molecular formula is C64H112O6. The van der Waals surface area contributed by atoms with Crippen molar-refractivity contribution in [3.8, 4) is 0 Å². The van der Waals surface area contributed by atoms with Crippen molar-refractivity contribution in [1.29, 1.82) is 0 Å². The van der Waals surface area contributed by atoms with Crippen molar-refractivity contribution in [2.45, 2.75) is 303 Å². The average Bonchev–Trinajstić information content (AvgIpc) is 3.36. The van der Waals surface area contributed by atoms with Gasteiger partial charge in [-0.1, -0.05) is 261 Å². The van der Waals surface area contributed by atoms with Crippen molar-refractivity contribution in [2.75, 3.05) is 13.2 Å². The van der Waals surface area contributed by atoms with Gasteiger partial charge in [-0.2, -0.15) is 0 Å². The highest BCUT2D eigenvalue weighted by molar-refractivity contribution is 5.71. The van der Waals surface area contributed by atoms with Crippen LogP contribution >= 0.6 is 0 Å². The molecule has 0 amide bonds. The number of ether oxygens (including phenoxy) is 3. The van der Waals surface area contributed by atoms with Crippen LogP contribution in [0, 0.1) is 0 Å². The lowest BCUT2D eigenvalue weighted by atomic mass is 10.0. The van der Waals surface area contributed by atoms with Gasteiger partial charge in [-0.05, 0) is 89.9 Å². The molecule has 0 aromatic rings. The molecule has 0 aliphatic rings.